The molecule has 0 aromatic rings. The number of alkyl halides is 1. The molecule has 0 saturated heterocycles. The summed E-state index contributed by atoms with van der Waals surface area (Å²) in [7, 11) is 0. The van der Waals surface area contributed by atoms with Crippen LogP contribution in [0.3, 0.4) is 0 Å². The Labute approximate surface area is 108 Å². The number of aliphatic carboxylic acids is 1. The summed E-state index contributed by atoms with van der Waals surface area (Å²) in [4.78, 5) is 33.1. The highest BCUT2D eigenvalue weighted by atomic mass is 79.9. The summed E-state index contributed by atoms with van der Waals surface area (Å²) in [5.41, 5.74) is 0. The highest BCUT2D eigenvalue weighted by Crippen LogP contribution is 2.05. The van der Waals surface area contributed by atoms with Gasteiger partial charge in [-0.05, 0) is 12.3 Å². The van der Waals surface area contributed by atoms with Gasteiger partial charge in [0, 0.05) is 0 Å². The summed E-state index contributed by atoms with van der Waals surface area (Å²) in [5, 5.41) is 13.3. The van der Waals surface area contributed by atoms with Gasteiger partial charge in [-0.2, -0.15) is 0 Å². The standard InChI is InChI=1S/C10H17BrN2O4/c1-6(2)3-7(13-8(14)4-11)10(17)12-5-9(15)16/h6-7H,3-5H2,1-2H3,(H,12,17)(H,13,14)(H,15,16). The van der Waals surface area contributed by atoms with Gasteiger partial charge in [0.25, 0.3) is 0 Å². The molecule has 0 saturated carbocycles. The molecule has 17 heavy (non-hydrogen) atoms. The predicted molar refractivity (Wildman–Crippen MR) is 65.8 cm³/mol. The van der Waals surface area contributed by atoms with Crippen LogP contribution in [0.4, 0.5) is 0 Å². The Bertz CT molecular complexity index is 294. The van der Waals surface area contributed by atoms with Gasteiger partial charge in [0.1, 0.15) is 12.6 Å². The predicted octanol–water partition coefficient (Wildman–Crippen LogP) is 0.113. The molecule has 0 bridgehead atoms. The molecule has 0 aliphatic carbocycles. The fourth-order valence-corrected chi connectivity index (χ4v) is 1.38. The molecule has 7 heteroatoms. The van der Waals surface area contributed by atoms with Crippen LogP contribution in [0.15, 0.2) is 0 Å². The van der Waals surface area contributed by atoms with Crippen LogP contribution in [0.5, 0.6) is 0 Å². The smallest absolute Gasteiger partial charge is 0.322 e. The Kier molecular flexibility index (Phi) is 7.53. The molecule has 1 atom stereocenters. The molecule has 0 spiro atoms. The van der Waals surface area contributed by atoms with Gasteiger partial charge in [-0.3, -0.25) is 14.4 Å². The van der Waals surface area contributed by atoms with E-state index in [0.717, 1.165) is 0 Å². The van der Waals surface area contributed by atoms with Gasteiger partial charge in [0.2, 0.25) is 11.8 Å². The highest BCUT2D eigenvalue weighted by Gasteiger charge is 2.21. The zero-order valence-electron chi connectivity index (χ0n) is 9.83. The van der Waals surface area contributed by atoms with Crippen LogP contribution in [0.25, 0.3) is 0 Å². The van der Waals surface area contributed by atoms with E-state index in [1.165, 1.54) is 0 Å². The number of amides is 2. The van der Waals surface area contributed by atoms with E-state index in [1.54, 1.807) is 0 Å². The van der Waals surface area contributed by atoms with E-state index in [1.807, 2.05) is 13.8 Å². The van der Waals surface area contributed by atoms with Gasteiger partial charge in [-0.15, -0.1) is 0 Å². The maximum absolute atomic E-state index is 11.6. The van der Waals surface area contributed by atoms with Crippen molar-refractivity contribution in [3.05, 3.63) is 0 Å². The Morgan fingerprint density at radius 3 is 2.29 bits per heavy atom. The Balaban J connectivity index is 4.39. The number of carboxylic acids is 1. The van der Waals surface area contributed by atoms with Crippen molar-refractivity contribution in [3.63, 3.8) is 0 Å². The van der Waals surface area contributed by atoms with E-state index < -0.39 is 24.5 Å². The first-order valence-corrected chi connectivity index (χ1v) is 6.33. The summed E-state index contributed by atoms with van der Waals surface area (Å²) in [6, 6.07) is -0.695. The summed E-state index contributed by atoms with van der Waals surface area (Å²) in [6.45, 7) is 3.38. The third-order valence-electron chi connectivity index (χ3n) is 1.89. The van der Waals surface area contributed by atoms with Crippen molar-refractivity contribution in [1.82, 2.24) is 10.6 Å². The van der Waals surface area contributed by atoms with Crippen LogP contribution >= 0.6 is 15.9 Å². The minimum atomic E-state index is -1.12. The SMILES string of the molecule is CC(C)CC(NC(=O)CBr)C(=O)NCC(=O)O. The Morgan fingerprint density at radius 1 is 1.29 bits per heavy atom. The monoisotopic (exact) mass is 308 g/mol. The largest absolute Gasteiger partial charge is 0.480 e. The van der Waals surface area contributed by atoms with E-state index in [-0.39, 0.29) is 17.2 Å². The van der Waals surface area contributed by atoms with Crippen LogP contribution in [-0.4, -0.2) is 40.8 Å². The van der Waals surface area contributed by atoms with Gasteiger partial charge < -0.3 is 15.7 Å². The molecule has 0 rings (SSSR count). The molecule has 98 valence electrons. The van der Waals surface area contributed by atoms with Crippen LogP contribution in [0.1, 0.15) is 20.3 Å². The van der Waals surface area contributed by atoms with Crippen molar-refractivity contribution in [2.75, 3.05) is 11.9 Å². The number of rotatable bonds is 7. The second-order valence-electron chi connectivity index (χ2n) is 3.99. The molecule has 0 fully saturated rings. The first-order valence-electron chi connectivity index (χ1n) is 5.21. The topological polar surface area (TPSA) is 95.5 Å². The van der Waals surface area contributed by atoms with Crippen molar-refractivity contribution in [2.45, 2.75) is 26.3 Å². The zero-order chi connectivity index (χ0) is 13.4. The fraction of sp³-hybridized carbons (Fsp3) is 0.700. The number of hydrogen-bond donors (Lipinski definition) is 3. The van der Waals surface area contributed by atoms with E-state index in [2.05, 4.69) is 26.6 Å². The van der Waals surface area contributed by atoms with Gasteiger partial charge in [0.05, 0.1) is 5.33 Å². The van der Waals surface area contributed by atoms with Crippen molar-refractivity contribution in [1.29, 1.82) is 0 Å². The molecule has 3 N–H and O–H groups in total. The number of hydrogen-bond acceptors (Lipinski definition) is 3. The minimum Gasteiger partial charge on any atom is -0.480 e. The molecule has 0 heterocycles. The van der Waals surface area contributed by atoms with Gasteiger partial charge >= 0.3 is 5.97 Å². The number of carboxylic acid groups (broad SMARTS) is 1. The third kappa shape index (κ3) is 7.73. The van der Waals surface area contributed by atoms with E-state index >= 15 is 0 Å². The molecule has 2 amide bonds. The number of nitrogens with one attached hydrogen (secondary N) is 2. The van der Waals surface area contributed by atoms with Crippen LogP contribution < -0.4 is 10.6 Å². The lowest BCUT2D eigenvalue weighted by Crippen LogP contribution is -2.48. The fourth-order valence-electron chi connectivity index (χ4n) is 1.22. The van der Waals surface area contributed by atoms with Gasteiger partial charge in [-0.25, -0.2) is 0 Å². The summed E-state index contributed by atoms with van der Waals surface area (Å²) >= 11 is 2.98. The summed E-state index contributed by atoms with van der Waals surface area (Å²) in [6.07, 6.45) is 0.462. The second kappa shape index (κ2) is 8.05. The summed E-state index contributed by atoms with van der Waals surface area (Å²) in [5.74, 6) is -1.68. The number of halogens is 1. The van der Waals surface area contributed by atoms with Crippen LogP contribution in [0, 0.1) is 5.92 Å². The van der Waals surface area contributed by atoms with Crippen molar-refractivity contribution in [3.8, 4) is 0 Å². The average molecular weight is 309 g/mol. The molecular weight excluding hydrogens is 292 g/mol. The molecule has 1 unspecified atom stereocenters. The summed E-state index contributed by atoms with van der Waals surface area (Å²) < 4.78 is 0. The normalized spacial score (nSPS) is 12.0. The van der Waals surface area contributed by atoms with Gasteiger partial charge in [-0.1, -0.05) is 29.8 Å². The lowest BCUT2D eigenvalue weighted by atomic mass is 10.0. The van der Waals surface area contributed by atoms with E-state index in [0.29, 0.717) is 6.42 Å². The lowest BCUT2D eigenvalue weighted by Gasteiger charge is -2.19. The van der Waals surface area contributed by atoms with Crippen molar-refractivity contribution < 1.29 is 19.5 Å². The third-order valence-corrected chi connectivity index (χ3v) is 2.40. The van der Waals surface area contributed by atoms with Crippen molar-refractivity contribution in [2.24, 2.45) is 5.92 Å². The molecule has 0 aromatic carbocycles. The molecule has 0 aromatic heterocycles. The van der Waals surface area contributed by atoms with Crippen LogP contribution in [-0.2, 0) is 14.4 Å². The van der Waals surface area contributed by atoms with Crippen LogP contribution in [0.2, 0.25) is 0 Å². The minimum absolute atomic E-state index is 0.105. The first kappa shape index (κ1) is 15.9. The molecule has 6 nitrogen and oxygen atoms in total. The van der Waals surface area contributed by atoms with Crippen molar-refractivity contribution >= 4 is 33.7 Å². The molecule has 0 aliphatic heterocycles. The van der Waals surface area contributed by atoms with Gasteiger partial charge in [0.15, 0.2) is 0 Å². The Hall–Kier alpha value is -1.11. The van der Waals surface area contributed by atoms with E-state index in [9.17, 15) is 14.4 Å². The Morgan fingerprint density at radius 2 is 1.88 bits per heavy atom. The zero-order valence-corrected chi connectivity index (χ0v) is 11.4. The lowest BCUT2D eigenvalue weighted by molar-refractivity contribution is -0.138. The quantitative estimate of drug-likeness (QED) is 0.582. The maximum Gasteiger partial charge on any atom is 0.322 e. The highest BCUT2D eigenvalue weighted by molar-refractivity contribution is 9.09. The maximum atomic E-state index is 11.6. The first-order chi connectivity index (χ1) is 7.86. The number of carbonyl (C=O) groups excluding carboxylic acids is 2. The second-order valence-corrected chi connectivity index (χ2v) is 4.56. The molecular formula is C10H17BrN2O4. The average Bonchev–Trinajstić information content (AvgIpc) is 2.23. The van der Waals surface area contributed by atoms with E-state index in [4.69, 9.17) is 5.11 Å². The number of carbonyl (C=O) groups is 3. The molecule has 0 aliphatic rings. The molecule has 0 radical (unpaired) electrons.